The topological polar surface area (TPSA) is 95.2 Å². The molecule has 3 saturated heterocycles. The van der Waals surface area contributed by atoms with Crippen LogP contribution in [0.25, 0.3) is 16.0 Å². The lowest BCUT2D eigenvalue weighted by Crippen LogP contribution is -2.66. The highest BCUT2D eigenvalue weighted by Crippen LogP contribution is 2.51. The van der Waals surface area contributed by atoms with E-state index in [4.69, 9.17) is 11.3 Å². The summed E-state index contributed by atoms with van der Waals surface area (Å²) in [6.07, 6.45) is 10.3. The smallest absolute Gasteiger partial charge is 0.282 e. The standard InChI is InChI=1S/C38H46FN9O2/c1-24(2)35(27-15-29(16-27)46-13-11-45(12-14-46)25(3)49)48-21-38(22-48)9-10-47(20-38)36-37(44-43-23-42-36)50-33-8-7-28(39)17-30(33)31-18-41-19-32(40-4)34(31)26-5-6-26/h7-8,17-19,23-24,26-27,29,35H,5-6,9-16,20-22H2,1-3H3. The molecule has 1 aromatic carbocycles. The van der Waals surface area contributed by atoms with E-state index in [1.54, 1.807) is 25.4 Å². The number of ether oxygens (including phenoxy) is 1. The zero-order valence-electron chi connectivity index (χ0n) is 29.3. The van der Waals surface area contributed by atoms with Gasteiger partial charge in [-0.15, -0.1) is 10.2 Å². The van der Waals surface area contributed by atoms with Gasteiger partial charge in [-0.1, -0.05) is 13.8 Å². The summed E-state index contributed by atoms with van der Waals surface area (Å²) < 4.78 is 21.2. The van der Waals surface area contributed by atoms with Crippen molar-refractivity contribution in [2.45, 2.75) is 70.9 Å². The molecule has 11 nitrogen and oxygen atoms in total. The molecule has 262 valence electrons. The maximum atomic E-state index is 14.7. The summed E-state index contributed by atoms with van der Waals surface area (Å²) in [5, 5.41) is 8.43. The van der Waals surface area contributed by atoms with Crippen LogP contribution in [-0.2, 0) is 4.79 Å². The fourth-order valence-corrected chi connectivity index (χ4v) is 9.28. The van der Waals surface area contributed by atoms with Gasteiger partial charge in [0.2, 0.25) is 11.6 Å². The van der Waals surface area contributed by atoms with Gasteiger partial charge in [-0.3, -0.25) is 19.6 Å². The third kappa shape index (κ3) is 6.19. The molecule has 3 aromatic rings. The molecule has 0 N–H and O–H groups in total. The number of hydrogen-bond acceptors (Lipinski definition) is 9. The van der Waals surface area contributed by atoms with Crippen LogP contribution in [0.4, 0.5) is 15.9 Å². The number of nitrogens with zero attached hydrogens (tertiary/aromatic N) is 9. The van der Waals surface area contributed by atoms with Crippen molar-refractivity contribution in [3.05, 3.63) is 59.7 Å². The van der Waals surface area contributed by atoms with Crippen LogP contribution in [0.15, 0.2) is 36.9 Å². The Bertz CT molecular complexity index is 1790. The van der Waals surface area contributed by atoms with Crippen molar-refractivity contribution in [2.75, 3.05) is 57.3 Å². The van der Waals surface area contributed by atoms with Gasteiger partial charge in [0, 0.05) is 94.7 Å². The van der Waals surface area contributed by atoms with Gasteiger partial charge >= 0.3 is 0 Å². The molecular weight excluding hydrogens is 633 g/mol. The van der Waals surface area contributed by atoms with Crippen molar-refractivity contribution in [3.8, 4) is 22.8 Å². The Balaban J connectivity index is 0.938. The molecule has 8 rings (SSSR count). The number of anilines is 1. The molecule has 1 unspecified atom stereocenters. The fourth-order valence-electron chi connectivity index (χ4n) is 9.28. The van der Waals surface area contributed by atoms with Gasteiger partial charge < -0.3 is 14.5 Å². The summed E-state index contributed by atoms with van der Waals surface area (Å²) in [5.74, 6) is 2.74. The quantitative estimate of drug-likeness (QED) is 0.261. The van der Waals surface area contributed by atoms with Crippen LogP contribution >= 0.6 is 0 Å². The largest absolute Gasteiger partial charge is 0.434 e. The van der Waals surface area contributed by atoms with Gasteiger partial charge in [0.15, 0.2) is 5.82 Å². The number of piperazine rings is 1. The van der Waals surface area contributed by atoms with Gasteiger partial charge in [0.05, 0.1) is 6.57 Å². The molecule has 3 aliphatic heterocycles. The second-order valence-corrected chi connectivity index (χ2v) is 15.6. The average molecular weight is 680 g/mol. The molecular formula is C38H46FN9O2. The molecule has 1 atom stereocenters. The number of halogens is 1. The monoisotopic (exact) mass is 679 g/mol. The Morgan fingerprint density at radius 2 is 1.84 bits per heavy atom. The van der Waals surface area contributed by atoms with Crippen molar-refractivity contribution in [2.24, 2.45) is 17.3 Å². The Kier molecular flexibility index (Phi) is 8.68. The zero-order chi connectivity index (χ0) is 34.6. The van der Waals surface area contributed by atoms with Crippen LogP contribution in [0.5, 0.6) is 11.6 Å². The Hall–Kier alpha value is -4.21. The van der Waals surface area contributed by atoms with Crippen LogP contribution in [-0.4, -0.2) is 105 Å². The van der Waals surface area contributed by atoms with E-state index in [0.29, 0.717) is 52.6 Å². The molecule has 5 fully saturated rings. The average Bonchev–Trinajstić information content (AvgIpc) is 3.83. The number of benzene rings is 1. The Morgan fingerprint density at radius 3 is 2.54 bits per heavy atom. The van der Waals surface area contributed by atoms with E-state index in [-0.39, 0.29) is 23.1 Å². The lowest BCUT2D eigenvalue weighted by atomic mass is 9.68. The first kappa shape index (κ1) is 33.0. The molecule has 50 heavy (non-hydrogen) atoms. The summed E-state index contributed by atoms with van der Waals surface area (Å²) in [6, 6.07) is 5.67. The van der Waals surface area contributed by atoms with Gasteiger partial charge in [-0.25, -0.2) is 14.2 Å². The molecule has 5 heterocycles. The lowest BCUT2D eigenvalue weighted by Gasteiger charge is -2.58. The molecule has 1 spiro atoms. The maximum Gasteiger partial charge on any atom is 0.282 e. The minimum absolute atomic E-state index is 0.190. The summed E-state index contributed by atoms with van der Waals surface area (Å²) in [7, 11) is 0. The Morgan fingerprint density at radius 1 is 1.06 bits per heavy atom. The van der Waals surface area contributed by atoms with E-state index >= 15 is 0 Å². The van der Waals surface area contributed by atoms with Crippen molar-refractivity contribution in [1.29, 1.82) is 0 Å². The first-order valence-electron chi connectivity index (χ1n) is 18.2. The fraction of sp³-hybridized carbons (Fsp3) is 0.579. The number of carbonyl (C=O) groups excluding carboxylic acids is 1. The first-order chi connectivity index (χ1) is 24.2. The highest BCUT2D eigenvalue weighted by Gasteiger charge is 2.53. The predicted molar refractivity (Wildman–Crippen MR) is 188 cm³/mol. The van der Waals surface area contributed by atoms with Crippen LogP contribution in [0.1, 0.15) is 64.4 Å². The van der Waals surface area contributed by atoms with E-state index in [1.165, 1.54) is 31.3 Å². The molecule has 2 saturated carbocycles. The summed E-state index contributed by atoms with van der Waals surface area (Å²) >= 11 is 0. The number of aromatic nitrogens is 4. The van der Waals surface area contributed by atoms with Gasteiger partial charge in [0.1, 0.15) is 17.9 Å². The highest BCUT2D eigenvalue weighted by molar-refractivity contribution is 5.79. The molecule has 2 aromatic heterocycles. The zero-order valence-corrected chi connectivity index (χ0v) is 29.3. The third-order valence-electron chi connectivity index (χ3n) is 11.9. The molecule has 0 radical (unpaired) electrons. The van der Waals surface area contributed by atoms with Crippen molar-refractivity contribution in [1.82, 2.24) is 34.9 Å². The second kappa shape index (κ2) is 13.2. The van der Waals surface area contributed by atoms with Crippen LogP contribution in [0.3, 0.4) is 0 Å². The highest BCUT2D eigenvalue weighted by atomic mass is 19.1. The van der Waals surface area contributed by atoms with Crippen LogP contribution in [0.2, 0.25) is 0 Å². The van der Waals surface area contributed by atoms with E-state index < -0.39 is 0 Å². The van der Waals surface area contributed by atoms with E-state index in [9.17, 15) is 9.18 Å². The predicted octanol–water partition coefficient (Wildman–Crippen LogP) is 5.77. The van der Waals surface area contributed by atoms with E-state index in [0.717, 1.165) is 82.7 Å². The number of carbonyl (C=O) groups is 1. The lowest BCUT2D eigenvalue weighted by molar-refractivity contribution is -0.132. The Labute approximate surface area is 293 Å². The first-order valence-corrected chi connectivity index (χ1v) is 18.2. The van der Waals surface area contributed by atoms with Gasteiger partial charge in [-0.05, 0) is 79.2 Å². The van der Waals surface area contributed by atoms with E-state index in [2.05, 4.69) is 53.6 Å². The maximum absolute atomic E-state index is 14.7. The van der Waals surface area contributed by atoms with E-state index in [1.807, 2.05) is 4.90 Å². The summed E-state index contributed by atoms with van der Waals surface area (Å²) in [6.45, 7) is 21.7. The normalized spacial score (nSPS) is 24.2. The number of likely N-dealkylation sites (tertiary alicyclic amines) is 1. The van der Waals surface area contributed by atoms with Crippen LogP contribution in [0, 0.1) is 29.6 Å². The molecule has 2 aliphatic carbocycles. The van der Waals surface area contributed by atoms with Gasteiger partial charge in [-0.2, -0.15) is 0 Å². The van der Waals surface area contributed by atoms with Crippen LogP contribution < -0.4 is 9.64 Å². The number of rotatable bonds is 9. The molecule has 1 amide bonds. The number of hydrogen-bond donors (Lipinski definition) is 0. The number of amides is 1. The SMILES string of the molecule is [C-]#[N+]c1cncc(-c2cc(F)ccc2Oc2nncnc2N2CCC3(C2)CN(C(C(C)C)C2CC(N4CCN(C(C)=O)CC4)C2)C3)c1C1CC1. The summed E-state index contributed by atoms with van der Waals surface area (Å²) in [4.78, 5) is 34.0. The molecule has 12 heteroatoms. The minimum atomic E-state index is -0.388. The molecule has 0 bridgehead atoms. The van der Waals surface area contributed by atoms with Crippen molar-refractivity contribution < 1.29 is 13.9 Å². The van der Waals surface area contributed by atoms with Crippen molar-refractivity contribution in [3.63, 3.8) is 0 Å². The van der Waals surface area contributed by atoms with Gasteiger partial charge in [0.25, 0.3) is 5.88 Å². The second-order valence-electron chi connectivity index (χ2n) is 15.6. The summed E-state index contributed by atoms with van der Waals surface area (Å²) in [5.41, 5.74) is 2.87. The third-order valence-corrected chi connectivity index (χ3v) is 11.9. The molecule has 5 aliphatic rings. The number of pyridine rings is 1. The minimum Gasteiger partial charge on any atom is -0.434 e. The van der Waals surface area contributed by atoms with Crippen molar-refractivity contribution >= 4 is 17.4 Å².